The van der Waals surface area contributed by atoms with Gasteiger partial charge in [0.2, 0.25) is 0 Å². The Morgan fingerprint density at radius 3 is 1.26 bits per heavy atom. The predicted molar refractivity (Wildman–Crippen MR) is 437 cm³/mol. The van der Waals surface area contributed by atoms with Gasteiger partial charge in [0.15, 0.2) is 0 Å². The second-order valence-electron chi connectivity index (χ2n) is 28.1. The Labute approximate surface area is 611 Å². The molecule has 23 aromatic rings. The molecule has 4 aromatic heterocycles. The number of nitrogens with one attached hydrogen (secondary N) is 1. The van der Waals surface area contributed by atoms with E-state index in [1.165, 1.54) is 92.8 Å². The zero-order valence-electron chi connectivity index (χ0n) is 56.4. The van der Waals surface area contributed by atoms with Gasteiger partial charge in [0, 0.05) is 0 Å². The molecule has 0 saturated heterocycles. The first-order valence-corrected chi connectivity index (χ1v) is 38.4. The van der Waals surface area contributed by atoms with Crippen LogP contribution >= 0.6 is 0 Å². The second kappa shape index (κ2) is 22.7. The van der Waals surface area contributed by atoms with Crippen molar-refractivity contribution in [2.45, 2.75) is 4.43 Å². The Bertz CT molecular complexity index is 7600. The summed E-state index contributed by atoms with van der Waals surface area (Å²) in [5, 5.41) is 27.5. The molecule has 6 heteroatoms. The van der Waals surface area contributed by atoms with Crippen LogP contribution in [0.3, 0.4) is 0 Å². The van der Waals surface area contributed by atoms with Crippen LogP contribution in [0.4, 0.5) is 5.69 Å². The molecule has 0 atom stereocenters. The molecule has 5 nitrogen and oxygen atoms in total. The third-order valence-electron chi connectivity index (χ3n) is 22.3. The fourth-order valence-corrected chi connectivity index (χ4v) is 19.4. The number of halogens is 1. The molecule has 0 amide bonds. The summed E-state index contributed by atoms with van der Waals surface area (Å²) < 4.78 is 33.4. The Balaban J connectivity index is 0.616. The van der Waals surface area contributed by atoms with Crippen molar-refractivity contribution in [1.82, 2.24) is 0 Å². The number of para-hydroxylation sites is 2. The number of alkyl halides is 1. The van der Waals surface area contributed by atoms with Gasteiger partial charge in [0.25, 0.3) is 0 Å². The molecule has 19 aromatic carbocycles. The Morgan fingerprint density at radius 2 is 0.619 bits per heavy atom. The summed E-state index contributed by atoms with van der Waals surface area (Å²) in [5.41, 5.74) is 20.3. The molecule has 0 spiro atoms. The summed E-state index contributed by atoms with van der Waals surface area (Å²) in [6.07, 6.45) is 0. The van der Waals surface area contributed by atoms with Gasteiger partial charge in [-0.25, -0.2) is 0 Å². The molecule has 105 heavy (non-hydrogen) atoms. The fourth-order valence-electron chi connectivity index (χ4n) is 17.5. The van der Waals surface area contributed by atoms with Gasteiger partial charge in [-0.1, -0.05) is 109 Å². The van der Waals surface area contributed by atoms with Gasteiger partial charge in [-0.15, -0.1) is 0 Å². The van der Waals surface area contributed by atoms with Gasteiger partial charge in [-0.2, -0.15) is 0 Å². The minimum Gasteiger partial charge on any atom is -0.0544 e. The van der Waals surface area contributed by atoms with Gasteiger partial charge >= 0.3 is 428 Å². The van der Waals surface area contributed by atoms with Gasteiger partial charge in [-0.05, 0) is 78.5 Å². The Kier molecular flexibility index (Phi) is 12.7. The number of anilines is 1. The zero-order chi connectivity index (χ0) is 68.5. The van der Waals surface area contributed by atoms with Crippen LogP contribution in [0.25, 0.3) is 230 Å². The van der Waals surface area contributed by atoms with E-state index in [1.54, 1.807) is 0 Å². The van der Waals surface area contributed by atoms with Gasteiger partial charge < -0.3 is 0 Å². The van der Waals surface area contributed by atoms with E-state index < -0.39 is 21.5 Å². The van der Waals surface area contributed by atoms with Crippen LogP contribution < -0.4 is 25.0 Å². The van der Waals surface area contributed by atoms with E-state index in [0.29, 0.717) is 0 Å². The maximum atomic E-state index is 7.33. The van der Waals surface area contributed by atoms with Crippen LogP contribution in [-0.2, 0) is 4.43 Å². The van der Waals surface area contributed by atoms with E-state index in [1.807, 2.05) is 0 Å². The van der Waals surface area contributed by atoms with Crippen molar-refractivity contribution in [2.75, 3.05) is 3.53 Å². The molecule has 4 heterocycles. The fraction of sp³-hybridized carbons (Fsp3) is 0.0101. The summed E-state index contributed by atoms with van der Waals surface area (Å²) in [6.45, 7) is 0. The van der Waals surface area contributed by atoms with Crippen LogP contribution in [-0.4, -0.2) is 0 Å². The molecular formula is C99H57INO4-. The Morgan fingerprint density at radius 1 is 0.219 bits per heavy atom. The summed E-state index contributed by atoms with van der Waals surface area (Å²) in [5.74, 6) is 0. The van der Waals surface area contributed by atoms with Crippen molar-refractivity contribution in [1.29, 1.82) is 0 Å². The standard InChI is InChI=1S/C99H57INO4/c1-2-19-59-48-60(36-34-57(59)17-1)61-37-38-63-50-65(41-39-62(63)49-61)90-75-25-7-11-29-79(75)93(80-30-12-8-26-76(80)90)95-97-82(70-21-13-16-32-87(70)103-97)53-83-72-46-43-67(52-89(72)105-98(83)95)101-100-55-56-33-44-81-88(47-56)104-99-85(54-84-71-22-14-15-31-86(71)102-96(84)94(81)99)92-77-27-9-5-23-73(77)91(74-24-6-10-28-78(74)92)66-42-45-69-64(51-66)40-35-58-18-3-4-20-68(58)69/h1-54,101H,55H2/q-1. The minimum atomic E-state index is -0.602. The van der Waals surface area contributed by atoms with Crippen LogP contribution in [0.5, 0.6) is 0 Å². The number of hydrogen-bond donors (Lipinski definition) is 1. The average molecular weight is 1450 g/mol. The molecule has 0 fully saturated rings. The van der Waals surface area contributed by atoms with E-state index in [2.05, 4.69) is 331 Å². The van der Waals surface area contributed by atoms with Crippen LogP contribution in [0.2, 0.25) is 0 Å². The first kappa shape index (κ1) is 58.6. The number of rotatable bonds is 9. The maximum Gasteiger partial charge on any atom is -0.0177 e. The summed E-state index contributed by atoms with van der Waals surface area (Å²) >= 11 is -0.602. The summed E-state index contributed by atoms with van der Waals surface area (Å²) in [4.78, 5) is 0. The number of furan rings is 4. The summed E-state index contributed by atoms with van der Waals surface area (Å²) in [7, 11) is 0. The molecule has 0 radical (unpaired) electrons. The molecule has 0 saturated carbocycles. The maximum absolute atomic E-state index is 7.33. The van der Waals surface area contributed by atoms with E-state index >= 15 is 0 Å². The monoisotopic (exact) mass is 1450 g/mol. The van der Waals surface area contributed by atoms with Gasteiger partial charge in [-0.3, -0.25) is 0 Å². The van der Waals surface area contributed by atoms with Crippen molar-refractivity contribution in [2.24, 2.45) is 0 Å². The molecule has 1 N–H and O–H groups in total. The number of benzene rings is 19. The van der Waals surface area contributed by atoms with E-state index in [9.17, 15) is 0 Å². The third-order valence-corrected chi connectivity index (χ3v) is 24.5. The van der Waals surface area contributed by atoms with Crippen LogP contribution in [0.1, 0.15) is 5.56 Å². The molecule has 490 valence electrons. The topological polar surface area (TPSA) is 64.6 Å². The number of hydrogen-bond acceptors (Lipinski definition) is 5. The molecular weight excluding hydrogens is 1390 g/mol. The molecule has 0 aliphatic carbocycles. The molecule has 23 rings (SSSR count). The minimum absolute atomic E-state index is 0.602. The van der Waals surface area contributed by atoms with Crippen molar-refractivity contribution in [3.05, 3.63) is 333 Å². The van der Waals surface area contributed by atoms with Gasteiger partial charge in [0.05, 0.1) is 0 Å². The quantitative estimate of drug-likeness (QED) is 0.0513. The smallest absolute Gasteiger partial charge is 0.0177 e. The number of fused-ring (bicyclic) bond motifs is 22. The largest absolute Gasteiger partial charge is 0.0544 e. The molecule has 0 unspecified atom stereocenters. The third kappa shape index (κ3) is 8.93. The summed E-state index contributed by atoms with van der Waals surface area (Å²) in [6, 6.07) is 120. The van der Waals surface area contributed by atoms with Crippen LogP contribution in [0.15, 0.2) is 345 Å². The van der Waals surface area contributed by atoms with Gasteiger partial charge in [0.1, 0.15) is 0 Å². The molecule has 0 bridgehead atoms. The van der Waals surface area contributed by atoms with E-state index in [4.69, 9.17) is 17.7 Å². The molecule has 0 aliphatic heterocycles. The molecule has 0 aliphatic rings. The average Bonchev–Trinajstić information content (AvgIpc) is 1.73. The van der Waals surface area contributed by atoms with E-state index in [-0.39, 0.29) is 0 Å². The van der Waals surface area contributed by atoms with Crippen molar-refractivity contribution in [3.8, 4) is 55.6 Å². The van der Waals surface area contributed by atoms with Crippen LogP contribution in [0, 0.1) is 0 Å². The van der Waals surface area contributed by atoms with Crippen molar-refractivity contribution in [3.63, 3.8) is 0 Å². The predicted octanol–water partition coefficient (Wildman–Crippen LogP) is 25.5. The first-order chi connectivity index (χ1) is 52.0. The van der Waals surface area contributed by atoms with Crippen molar-refractivity contribution < 1.29 is 39.1 Å². The zero-order valence-corrected chi connectivity index (χ0v) is 58.6. The second-order valence-corrected chi connectivity index (χ2v) is 30.1. The first-order valence-electron chi connectivity index (χ1n) is 35.8. The SMILES string of the molecule is c1ccc2cc(-c3ccc4cc(-c5c6ccccc6c(-c6c7oc8ccccc8c7cc7c6oc6cc(N[I-]Cc8ccc9c(c8)oc8c(-c%10c%11ccccc%11c(-c%11ccc%12c(ccc%13ccccc%13%12)c%11)c%11ccccc%10%11)cc%10c%11ccccc%11oc%10c89)ccc67)c6ccccc56)ccc4c3)ccc2c1. The van der Waals surface area contributed by atoms with Crippen molar-refractivity contribution >= 4 is 180 Å². The Hall–Kier alpha value is -13.0. The normalized spacial score (nSPS) is 12.3. The van der Waals surface area contributed by atoms with E-state index in [0.717, 1.165) is 152 Å².